The Labute approximate surface area is 166 Å². The average molecular weight is 403 g/mol. The van der Waals surface area contributed by atoms with Crippen LogP contribution in [0.5, 0.6) is 11.5 Å². The van der Waals surface area contributed by atoms with Crippen molar-refractivity contribution in [2.24, 2.45) is 7.05 Å². The summed E-state index contributed by atoms with van der Waals surface area (Å²) in [5.74, 6) is -1.04. The summed E-state index contributed by atoms with van der Waals surface area (Å²) >= 11 is 6.02. The van der Waals surface area contributed by atoms with Crippen LogP contribution in [0.3, 0.4) is 0 Å². The van der Waals surface area contributed by atoms with Crippen LogP contribution in [-0.2, 0) is 16.6 Å². The highest BCUT2D eigenvalue weighted by Crippen LogP contribution is 2.30. The van der Waals surface area contributed by atoms with Gasteiger partial charge in [0, 0.05) is 23.0 Å². The molecule has 3 aromatic rings. The minimum Gasteiger partial charge on any atom is -0.504 e. The van der Waals surface area contributed by atoms with E-state index in [9.17, 15) is 14.7 Å². The third kappa shape index (κ3) is 3.61. The molecule has 0 bridgehead atoms. The lowest BCUT2D eigenvalue weighted by Crippen LogP contribution is -2.35. The van der Waals surface area contributed by atoms with Crippen molar-refractivity contribution >= 4 is 34.4 Å². The summed E-state index contributed by atoms with van der Waals surface area (Å²) < 4.78 is 11.5. The van der Waals surface area contributed by atoms with Crippen molar-refractivity contribution in [1.29, 1.82) is 0 Å². The van der Waals surface area contributed by atoms with Gasteiger partial charge in [-0.2, -0.15) is 0 Å². The summed E-state index contributed by atoms with van der Waals surface area (Å²) in [5, 5.41) is 14.0. The molecule has 0 aliphatic heterocycles. The molecule has 0 aliphatic carbocycles. The van der Waals surface area contributed by atoms with Crippen LogP contribution in [-0.4, -0.2) is 35.8 Å². The number of aryl methyl sites for hydroxylation is 1. The number of hydrogen-bond donors (Lipinski definition) is 2. The van der Waals surface area contributed by atoms with Gasteiger partial charge < -0.3 is 24.5 Å². The lowest BCUT2D eigenvalue weighted by atomic mass is 10.1. The molecule has 8 heteroatoms. The summed E-state index contributed by atoms with van der Waals surface area (Å²) in [5.41, 5.74) is 1.54. The van der Waals surface area contributed by atoms with E-state index in [1.165, 1.54) is 26.4 Å². The largest absolute Gasteiger partial charge is 0.504 e. The van der Waals surface area contributed by atoms with Crippen molar-refractivity contribution in [1.82, 2.24) is 9.88 Å². The molecule has 0 radical (unpaired) electrons. The Kier molecular flexibility index (Phi) is 5.46. The second kappa shape index (κ2) is 7.82. The molecule has 7 nitrogen and oxygen atoms in total. The number of benzene rings is 2. The van der Waals surface area contributed by atoms with Crippen molar-refractivity contribution in [2.75, 3.05) is 14.2 Å². The van der Waals surface area contributed by atoms with Gasteiger partial charge in [-0.3, -0.25) is 4.79 Å². The predicted molar refractivity (Wildman–Crippen MR) is 105 cm³/mol. The fraction of sp³-hybridized carbons (Fsp3) is 0.200. The third-order valence-corrected chi connectivity index (χ3v) is 4.72. The number of phenols is 1. The molecule has 28 heavy (non-hydrogen) atoms. The Morgan fingerprint density at radius 1 is 1.14 bits per heavy atom. The number of nitrogens with zero attached hydrogens (tertiary/aromatic N) is 1. The number of aromatic nitrogens is 1. The molecule has 2 aromatic carbocycles. The zero-order valence-corrected chi connectivity index (χ0v) is 16.3. The van der Waals surface area contributed by atoms with E-state index in [4.69, 9.17) is 21.1 Å². The Hall–Kier alpha value is -3.19. The van der Waals surface area contributed by atoms with E-state index in [1.54, 1.807) is 35.9 Å². The molecule has 0 saturated carbocycles. The first kappa shape index (κ1) is 19.6. The Bertz CT molecular complexity index is 1060. The van der Waals surface area contributed by atoms with Crippen molar-refractivity contribution in [3.63, 3.8) is 0 Å². The predicted octanol–water partition coefficient (Wildman–Crippen LogP) is 3.19. The van der Waals surface area contributed by atoms with E-state index in [0.717, 1.165) is 10.9 Å². The number of carbonyl (C=O) groups excluding carboxylic acids is 2. The number of esters is 1. The Balaban J connectivity index is 1.95. The fourth-order valence-electron chi connectivity index (χ4n) is 3.03. The maximum absolute atomic E-state index is 12.9. The van der Waals surface area contributed by atoms with Gasteiger partial charge in [0.05, 0.1) is 14.2 Å². The number of aromatic hydroxyl groups is 1. The van der Waals surface area contributed by atoms with Gasteiger partial charge in [-0.25, -0.2) is 4.79 Å². The van der Waals surface area contributed by atoms with Crippen LogP contribution >= 0.6 is 11.6 Å². The standard InChI is InChI=1S/C20H19ClN2O5/c1-23-14-6-5-13(21)8-12(14)9-15(23)19(25)22-18(20(26)28-3)11-4-7-17(27-2)16(24)10-11/h4-10,18,24H,1-3H3,(H,22,25). The number of rotatable bonds is 5. The summed E-state index contributed by atoms with van der Waals surface area (Å²) in [6.45, 7) is 0. The summed E-state index contributed by atoms with van der Waals surface area (Å²) in [6.07, 6.45) is 0. The molecule has 1 aromatic heterocycles. The minimum atomic E-state index is -1.10. The third-order valence-electron chi connectivity index (χ3n) is 4.49. The van der Waals surface area contributed by atoms with E-state index < -0.39 is 17.9 Å². The van der Waals surface area contributed by atoms with Crippen LogP contribution < -0.4 is 10.1 Å². The lowest BCUT2D eigenvalue weighted by molar-refractivity contribution is -0.143. The van der Waals surface area contributed by atoms with Crippen LogP contribution in [0.15, 0.2) is 42.5 Å². The normalized spacial score (nSPS) is 11.9. The number of fused-ring (bicyclic) bond motifs is 1. The van der Waals surface area contributed by atoms with E-state index in [0.29, 0.717) is 16.3 Å². The van der Waals surface area contributed by atoms with Gasteiger partial charge in [-0.05, 0) is 42.0 Å². The summed E-state index contributed by atoms with van der Waals surface area (Å²) in [4.78, 5) is 25.1. The second-order valence-electron chi connectivity index (χ2n) is 6.15. The Morgan fingerprint density at radius 2 is 1.89 bits per heavy atom. The maximum atomic E-state index is 12.9. The highest BCUT2D eigenvalue weighted by molar-refractivity contribution is 6.31. The molecule has 1 unspecified atom stereocenters. The first-order chi connectivity index (χ1) is 13.3. The van der Waals surface area contributed by atoms with Crippen molar-refractivity contribution < 1.29 is 24.2 Å². The fourth-order valence-corrected chi connectivity index (χ4v) is 3.21. The number of ether oxygens (including phenoxy) is 2. The van der Waals surface area contributed by atoms with Crippen LogP contribution in [0.2, 0.25) is 5.02 Å². The van der Waals surface area contributed by atoms with Gasteiger partial charge in [0.2, 0.25) is 0 Å². The molecule has 146 valence electrons. The van der Waals surface area contributed by atoms with Crippen molar-refractivity contribution in [3.05, 3.63) is 58.7 Å². The first-order valence-electron chi connectivity index (χ1n) is 8.36. The molecule has 3 rings (SSSR count). The van der Waals surface area contributed by atoms with Gasteiger partial charge in [0.25, 0.3) is 5.91 Å². The topological polar surface area (TPSA) is 89.8 Å². The zero-order valence-electron chi connectivity index (χ0n) is 15.5. The van der Waals surface area contributed by atoms with Crippen LogP contribution in [0.4, 0.5) is 0 Å². The molecular weight excluding hydrogens is 384 g/mol. The quantitative estimate of drug-likeness (QED) is 0.640. The minimum absolute atomic E-state index is 0.151. The van der Waals surface area contributed by atoms with Crippen LogP contribution in [0.25, 0.3) is 10.9 Å². The van der Waals surface area contributed by atoms with E-state index in [2.05, 4.69) is 5.32 Å². The van der Waals surface area contributed by atoms with E-state index in [1.807, 2.05) is 6.07 Å². The molecule has 0 fully saturated rings. The van der Waals surface area contributed by atoms with Gasteiger partial charge in [-0.1, -0.05) is 17.7 Å². The maximum Gasteiger partial charge on any atom is 0.333 e. The lowest BCUT2D eigenvalue weighted by Gasteiger charge is -2.18. The molecule has 0 saturated heterocycles. The SMILES string of the molecule is COC(=O)C(NC(=O)c1cc2cc(Cl)ccc2n1C)c1ccc(OC)c(O)c1. The zero-order chi connectivity index (χ0) is 20.4. The molecular formula is C20H19ClN2O5. The van der Waals surface area contributed by atoms with Gasteiger partial charge in [0.1, 0.15) is 5.69 Å². The van der Waals surface area contributed by atoms with Crippen LogP contribution in [0, 0.1) is 0 Å². The molecule has 2 N–H and O–H groups in total. The second-order valence-corrected chi connectivity index (χ2v) is 6.59. The van der Waals surface area contributed by atoms with E-state index in [-0.39, 0.29) is 11.5 Å². The van der Waals surface area contributed by atoms with Crippen molar-refractivity contribution in [2.45, 2.75) is 6.04 Å². The van der Waals surface area contributed by atoms with Gasteiger partial charge >= 0.3 is 5.97 Å². The molecule has 0 spiro atoms. The van der Waals surface area contributed by atoms with Gasteiger partial charge in [0.15, 0.2) is 17.5 Å². The molecule has 0 aliphatic rings. The Morgan fingerprint density at radius 3 is 2.54 bits per heavy atom. The smallest absolute Gasteiger partial charge is 0.333 e. The number of halogens is 1. The number of amides is 1. The highest BCUT2D eigenvalue weighted by Gasteiger charge is 2.26. The summed E-state index contributed by atoms with van der Waals surface area (Å²) in [6, 6.07) is 10.3. The number of methoxy groups -OCH3 is 2. The van der Waals surface area contributed by atoms with Crippen LogP contribution in [0.1, 0.15) is 22.1 Å². The first-order valence-corrected chi connectivity index (χ1v) is 8.74. The number of phenolic OH excluding ortho intramolecular Hbond substituents is 1. The highest BCUT2D eigenvalue weighted by atomic mass is 35.5. The number of carbonyl (C=O) groups is 2. The monoisotopic (exact) mass is 402 g/mol. The molecule has 1 atom stereocenters. The van der Waals surface area contributed by atoms with Crippen molar-refractivity contribution in [3.8, 4) is 11.5 Å². The van der Waals surface area contributed by atoms with Gasteiger partial charge in [-0.15, -0.1) is 0 Å². The molecule has 1 amide bonds. The molecule has 1 heterocycles. The van der Waals surface area contributed by atoms with E-state index >= 15 is 0 Å². The summed E-state index contributed by atoms with van der Waals surface area (Å²) in [7, 11) is 4.39. The average Bonchev–Trinajstić information content (AvgIpc) is 3.01. The number of nitrogens with one attached hydrogen (secondary N) is 1. The number of hydrogen-bond acceptors (Lipinski definition) is 5.